The van der Waals surface area contributed by atoms with Gasteiger partial charge in [0.25, 0.3) is 0 Å². The Morgan fingerprint density at radius 2 is 1.90 bits per heavy atom. The van der Waals surface area contributed by atoms with Gasteiger partial charge in [0, 0.05) is 63.2 Å². The number of ether oxygens (including phenoxy) is 2. The van der Waals surface area contributed by atoms with Gasteiger partial charge < -0.3 is 25.0 Å². The van der Waals surface area contributed by atoms with E-state index in [1.54, 1.807) is 28.2 Å². The highest BCUT2D eigenvalue weighted by Crippen LogP contribution is 2.30. The van der Waals surface area contributed by atoms with E-state index in [4.69, 9.17) is 9.47 Å². The van der Waals surface area contributed by atoms with Gasteiger partial charge in [0.05, 0.1) is 20.0 Å². The molecule has 0 spiro atoms. The predicted molar refractivity (Wildman–Crippen MR) is 117 cm³/mol. The van der Waals surface area contributed by atoms with Gasteiger partial charge in [-0.25, -0.2) is 13.1 Å². The second-order valence-corrected chi connectivity index (χ2v) is 8.89. The monoisotopic (exact) mass is 427 g/mol. The fourth-order valence-corrected chi connectivity index (χ4v) is 3.76. The molecule has 1 aromatic rings. The highest BCUT2D eigenvalue weighted by Gasteiger charge is 2.24. The summed E-state index contributed by atoms with van der Waals surface area (Å²) >= 11 is 0. The molecule has 2 rings (SSSR count). The normalized spacial score (nSPS) is 17.3. The molecule has 0 aliphatic carbocycles. The molecule has 10 heteroatoms. The molecule has 1 atom stereocenters. The van der Waals surface area contributed by atoms with Crippen LogP contribution in [-0.2, 0) is 10.0 Å². The molecule has 3 N–H and O–H groups in total. The van der Waals surface area contributed by atoms with Crippen LogP contribution in [0.4, 0.5) is 5.69 Å². The van der Waals surface area contributed by atoms with E-state index in [9.17, 15) is 8.42 Å². The Hall–Kier alpha value is -2.20. The Balaban J connectivity index is 1.81. The van der Waals surface area contributed by atoms with Crippen molar-refractivity contribution in [2.45, 2.75) is 25.8 Å². The Morgan fingerprint density at radius 1 is 1.21 bits per heavy atom. The van der Waals surface area contributed by atoms with E-state index < -0.39 is 10.0 Å². The number of methoxy groups -OCH3 is 2. The molecule has 0 amide bonds. The summed E-state index contributed by atoms with van der Waals surface area (Å²) in [6.07, 6.45) is 1.66. The zero-order valence-electron chi connectivity index (χ0n) is 17.7. The number of hydrogen-bond acceptors (Lipinski definition) is 6. The van der Waals surface area contributed by atoms with E-state index in [2.05, 4.69) is 25.2 Å². The number of benzene rings is 1. The number of sulfonamides is 1. The molecule has 0 radical (unpaired) electrons. The first-order valence-corrected chi connectivity index (χ1v) is 11.5. The first-order chi connectivity index (χ1) is 13.9. The summed E-state index contributed by atoms with van der Waals surface area (Å²) in [6.45, 7) is 4.43. The third kappa shape index (κ3) is 7.28. The number of nitrogens with zero attached hydrogens (tertiary/aromatic N) is 2. The van der Waals surface area contributed by atoms with Crippen LogP contribution >= 0.6 is 0 Å². The van der Waals surface area contributed by atoms with Gasteiger partial charge in [-0.3, -0.25) is 4.99 Å². The van der Waals surface area contributed by atoms with Crippen LogP contribution in [0.2, 0.25) is 0 Å². The van der Waals surface area contributed by atoms with Gasteiger partial charge in [0.2, 0.25) is 10.0 Å². The van der Waals surface area contributed by atoms with E-state index in [1.165, 1.54) is 0 Å². The first-order valence-electron chi connectivity index (χ1n) is 9.83. The Bertz CT molecular complexity index is 763. The molecule has 1 heterocycles. The van der Waals surface area contributed by atoms with Crippen molar-refractivity contribution in [1.29, 1.82) is 0 Å². The van der Waals surface area contributed by atoms with Crippen molar-refractivity contribution in [2.24, 2.45) is 4.99 Å². The lowest BCUT2D eigenvalue weighted by Gasteiger charge is -2.21. The van der Waals surface area contributed by atoms with Crippen molar-refractivity contribution < 1.29 is 17.9 Å². The molecule has 164 valence electrons. The van der Waals surface area contributed by atoms with Gasteiger partial charge in [0.15, 0.2) is 5.96 Å². The van der Waals surface area contributed by atoms with E-state index in [0.717, 1.165) is 42.7 Å². The molecule has 1 aliphatic heterocycles. The molecule has 1 saturated heterocycles. The lowest BCUT2D eigenvalue weighted by molar-refractivity contribution is 0.394. The highest BCUT2D eigenvalue weighted by molar-refractivity contribution is 7.89. The summed E-state index contributed by atoms with van der Waals surface area (Å²) in [4.78, 5) is 6.55. The molecule has 0 aromatic heterocycles. The van der Waals surface area contributed by atoms with E-state index >= 15 is 0 Å². The van der Waals surface area contributed by atoms with Crippen LogP contribution in [0.15, 0.2) is 23.2 Å². The second-order valence-electron chi connectivity index (χ2n) is 6.80. The quantitative estimate of drug-likeness (QED) is 0.288. The van der Waals surface area contributed by atoms with E-state index in [-0.39, 0.29) is 11.8 Å². The molecule has 1 aliphatic rings. The van der Waals surface area contributed by atoms with Gasteiger partial charge in [-0.15, -0.1) is 0 Å². The van der Waals surface area contributed by atoms with Crippen LogP contribution in [0.1, 0.15) is 19.8 Å². The smallest absolute Gasteiger partial charge is 0.211 e. The van der Waals surface area contributed by atoms with Gasteiger partial charge in [-0.05, 0) is 19.8 Å². The van der Waals surface area contributed by atoms with Gasteiger partial charge in [-0.1, -0.05) is 0 Å². The van der Waals surface area contributed by atoms with E-state index in [0.29, 0.717) is 19.5 Å². The summed E-state index contributed by atoms with van der Waals surface area (Å²) in [5.74, 6) is 2.36. The van der Waals surface area contributed by atoms with Crippen molar-refractivity contribution in [3.8, 4) is 11.5 Å². The topological polar surface area (TPSA) is 104 Å². The van der Waals surface area contributed by atoms with Crippen LogP contribution < -0.4 is 29.7 Å². The number of guanidine groups is 1. The molecule has 1 aromatic carbocycles. The lowest BCUT2D eigenvalue weighted by atomic mass is 10.2. The molecule has 0 bridgehead atoms. The summed E-state index contributed by atoms with van der Waals surface area (Å²) in [5, 5.41) is 6.67. The number of anilines is 1. The summed E-state index contributed by atoms with van der Waals surface area (Å²) < 4.78 is 36.1. The third-order valence-electron chi connectivity index (χ3n) is 4.80. The Labute approximate surface area is 173 Å². The Morgan fingerprint density at radius 3 is 2.48 bits per heavy atom. The van der Waals surface area contributed by atoms with Crippen molar-refractivity contribution in [1.82, 2.24) is 15.4 Å². The summed E-state index contributed by atoms with van der Waals surface area (Å²) in [6, 6.07) is 6.14. The molecule has 1 fully saturated rings. The maximum Gasteiger partial charge on any atom is 0.211 e. The van der Waals surface area contributed by atoms with Crippen LogP contribution in [0, 0.1) is 0 Å². The molecule has 0 saturated carbocycles. The van der Waals surface area contributed by atoms with Gasteiger partial charge in [0.1, 0.15) is 11.5 Å². The van der Waals surface area contributed by atoms with Crippen LogP contribution in [0.3, 0.4) is 0 Å². The third-order valence-corrected chi connectivity index (χ3v) is 6.21. The van der Waals surface area contributed by atoms with Crippen molar-refractivity contribution in [2.75, 3.05) is 58.1 Å². The zero-order valence-corrected chi connectivity index (χ0v) is 18.5. The van der Waals surface area contributed by atoms with Crippen LogP contribution in [0.5, 0.6) is 11.5 Å². The van der Waals surface area contributed by atoms with Gasteiger partial charge >= 0.3 is 0 Å². The fraction of sp³-hybridized carbons (Fsp3) is 0.632. The van der Waals surface area contributed by atoms with E-state index in [1.807, 2.05) is 18.2 Å². The van der Waals surface area contributed by atoms with Crippen molar-refractivity contribution >= 4 is 21.7 Å². The minimum Gasteiger partial charge on any atom is -0.497 e. The minimum atomic E-state index is -3.13. The standard InChI is InChI=1S/C19H33N5O4S/c1-5-29(25,26)22-9-6-8-21-19(20-2)23-15-7-10-24(14-15)16-11-17(27-3)13-18(12-16)28-4/h11-13,15,22H,5-10,14H2,1-4H3,(H2,20,21,23). The summed E-state index contributed by atoms with van der Waals surface area (Å²) in [7, 11) is 1.89. The van der Waals surface area contributed by atoms with Crippen LogP contribution in [0.25, 0.3) is 0 Å². The summed E-state index contributed by atoms with van der Waals surface area (Å²) in [5.41, 5.74) is 1.07. The average molecular weight is 428 g/mol. The Kier molecular flexibility index (Phi) is 8.84. The molecule has 9 nitrogen and oxygen atoms in total. The SMILES string of the molecule is CCS(=O)(=O)NCCCNC(=NC)NC1CCN(c2cc(OC)cc(OC)c2)C1. The lowest BCUT2D eigenvalue weighted by Crippen LogP contribution is -2.45. The van der Waals surface area contributed by atoms with Gasteiger partial charge in [-0.2, -0.15) is 0 Å². The number of nitrogens with one attached hydrogen (secondary N) is 3. The number of hydrogen-bond donors (Lipinski definition) is 3. The second kappa shape index (κ2) is 11.1. The fourth-order valence-electron chi connectivity index (χ4n) is 3.10. The van der Waals surface area contributed by atoms with Crippen molar-refractivity contribution in [3.05, 3.63) is 18.2 Å². The molecule has 29 heavy (non-hydrogen) atoms. The van der Waals surface area contributed by atoms with Crippen LogP contribution in [-0.4, -0.2) is 73.6 Å². The number of aliphatic imine (C=N–C) groups is 1. The largest absolute Gasteiger partial charge is 0.497 e. The van der Waals surface area contributed by atoms with Crippen molar-refractivity contribution in [3.63, 3.8) is 0 Å². The molecule has 1 unspecified atom stereocenters. The maximum atomic E-state index is 11.4. The zero-order chi connectivity index (χ0) is 21.3. The predicted octanol–water partition coefficient (Wildman–Crippen LogP) is 0.777. The average Bonchev–Trinajstić information content (AvgIpc) is 3.20. The highest BCUT2D eigenvalue weighted by atomic mass is 32.2. The molecular formula is C19H33N5O4S. The minimum absolute atomic E-state index is 0.0982. The maximum absolute atomic E-state index is 11.4. The first kappa shape index (κ1) is 23.1. The molecular weight excluding hydrogens is 394 g/mol. The number of rotatable bonds is 10.